The molecule has 0 bridgehead atoms. The predicted molar refractivity (Wildman–Crippen MR) is 98.9 cm³/mol. The molecule has 4 rings (SSSR count). The van der Waals surface area contributed by atoms with Gasteiger partial charge in [-0.3, -0.25) is 0 Å². The molecule has 2 saturated heterocycles. The van der Waals surface area contributed by atoms with E-state index in [1.165, 1.54) is 0 Å². The van der Waals surface area contributed by atoms with Gasteiger partial charge in [0.2, 0.25) is 11.8 Å². The number of hydrogen-bond acceptors (Lipinski definition) is 6. The van der Waals surface area contributed by atoms with E-state index >= 15 is 0 Å². The molecule has 2 unspecified atom stereocenters. The van der Waals surface area contributed by atoms with E-state index in [-0.39, 0.29) is 12.2 Å². The second kappa shape index (κ2) is 7.60. The summed E-state index contributed by atoms with van der Waals surface area (Å²) in [6, 6.07) is 10.1. The summed E-state index contributed by atoms with van der Waals surface area (Å²) in [6.45, 7) is 1.54. The molecule has 6 nitrogen and oxygen atoms in total. The fourth-order valence-electron chi connectivity index (χ4n) is 3.67. The highest BCUT2D eigenvalue weighted by atomic mass is 16.5. The molecule has 26 heavy (non-hydrogen) atoms. The van der Waals surface area contributed by atoms with Gasteiger partial charge in [0.25, 0.3) is 0 Å². The van der Waals surface area contributed by atoms with Crippen LogP contribution < -0.4 is 9.64 Å². The monoisotopic (exact) mass is 355 g/mol. The lowest BCUT2D eigenvalue weighted by atomic mass is 10.0. The first kappa shape index (κ1) is 17.2. The zero-order valence-electron chi connectivity index (χ0n) is 15.4. The van der Waals surface area contributed by atoms with Gasteiger partial charge >= 0.3 is 0 Å². The Morgan fingerprint density at radius 1 is 1.00 bits per heavy atom. The summed E-state index contributed by atoms with van der Waals surface area (Å²) >= 11 is 0. The molecule has 2 aliphatic rings. The minimum absolute atomic E-state index is 0.0137. The summed E-state index contributed by atoms with van der Waals surface area (Å²) in [6.07, 6.45) is 3.99. The van der Waals surface area contributed by atoms with Gasteiger partial charge in [0, 0.05) is 25.9 Å². The van der Waals surface area contributed by atoms with Crippen molar-refractivity contribution >= 4 is 11.6 Å². The number of anilines is 2. The van der Waals surface area contributed by atoms with Crippen molar-refractivity contribution < 1.29 is 14.2 Å². The lowest BCUT2D eigenvalue weighted by Crippen LogP contribution is -2.18. The average molecular weight is 355 g/mol. The van der Waals surface area contributed by atoms with E-state index in [1.54, 1.807) is 7.11 Å². The van der Waals surface area contributed by atoms with Crippen LogP contribution in [0.2, 0.25) is 0 Å². The number of aromatic nitrogens is 2. The average Bonchev–Trinajstić information content (AvgIpc) is 3.41. The standard InChI is InChI=1S/C20H25N3O3/c1-23(14-8-4-3-5-9-14)20-21-18(16-11-7-13-26-16)17(19(22-20)24-2)15-10-6-12-25-15/h3-5,8-9,15-16H,6-7,10-13H2,1-2H3. The highest BCUT2D eigenvalue weighted by Gasteiger charge is 2.33. The molecule has 0 N–H and O–H groups in total. The molecule has 0 radical (unpaired) electrons. The van der Waals surface area contributed by atoms with Crippen molar-refractivity contribution in [3.8, 4) is 5.88 Å². The fourth-order valence-corrected chi connectivity index (χ4v) is 3.67. The van der Waals surface area contributed by atoms with Crippen molar-refractivity contribution in [3.05, 3.63) is 41.6 Å². The van der Waals surface area contributed by atoms with Crippen LogP contribution in [-0.2, 0) is 9.47 Å². The lowest BCUT2D eigenvalue weighted by molar-refractivity contribution is 0.0890. The van der Waals surface area contributed by atoms with Crippen LogP contribution in [-0.4, -0.2) is 37.3 Å². The number of methoxy groups -OCH3 is 1. The van der Waals surface area contributed by atoms with Gasteiger partial charge in [-0.15, -0.1) is 0 Å². The Labute approximate surface area is 154 Å². The molecule has 2 atom stereocenters. The van der Waals surface area contributed by atoms with Crippen LogP contribution in [0.4, 0.5) is 11.6 Å². The molecular formula is C20H25N3O3. The number of para-hydroxylation sites is 1. The highest BCUT2D eigenvalue weighted by Crippen LogP contribution is 2.42. The molecule has 138 valence electrons. The third-order valence-corrected chi connectivity index (χ3v) is 5.05. The molecule has 0 spiro atoms. The number of benzene rings is 1. The Bertz CT molecular complexity index is 741. The molecule has 0 saturated carbocycles. The predicted octanol–water partition coefficient (Wildman–Crippen LogP) is 3.96. The fraction of sp³-hybridized carbons (Fsp3) is 0.500. The molecule has 6 heteroatoms. The molecule has 2 aromatic rings. The van der Waals surface area contributed by atoms with Crippen molar-refractivity contribution in [1.29, 1.82) is 0 Å². The maximum Gasteiger partial charge on any atom is 0.233 e. The second-order valence-electron chi connectivity index (χ2n) is 6.73. The summed E-state index contributed by atoms with van der Waals surface area (Å²) in [5.74, 6) is 1.20. The van der Waals surface area contributed by atoms with Crippen LogP contribution in [0.1, 0.15) is 49.1 Å². The SMILES string of the molecule is COc1nc(N(C)c2ccccc2)nc(C2CCCO2)c1C1CCCO1. The molecule has 0 amide bonds. The summed E-state index contributed by atoms with van der Waals surface area (Å²) in [7, 11) is 3.63. The molecular weight excluding hydrogens is 330 g/mol. The Morgan fingerprint density at radius 3 is 2.31 bits per heavy atom. The molecule has 1 aromatic heterocycles. The number of ether oxygens (including phenoxy) is 3. The van der Waals surface area contributed by atoms with Gasteiger partial charge in [-0.1, -0.05) is 18.2 Å². The van der Waals surface area contributed by atoms with E-state index in [9.17, 15) is 0 Å². The van der Waals surface area contributed by atoms with Gasteiger partial charge in [-0.2, -0.15) is 4.98 Å². The second-order valence-corrected chi connectivity index (χ2v) is 6.73. The van der Waals surface area contributed by atoms with Gasteiger partial charge < -0.3 is 19.1 Å². The van der Waals surface area contributed by atoms with Gasteiger partial charge in [0.15, 0.2) is 0 Å². The molecule has 2 fully saturated rings. The van der Waals surface area contributed by atoms with Gasteiger partial charge in [0.05, 0.1) is 24.5 Å². The number of rotatable bonds is 5. The third-order valence-electron chi connectivity index (χ3n) is 5.05. The van der Waals surface area contributed by atoms with Crippen LogP contribution in [0.25, 0.3) is 0 Å². The smallest absolute Gasteiger partial charge is 0.233 e. The first-order valence-electron chi connectivity index (χ1n) is 9.25. The zero-order valence-corrected chi connectivity index (χ0v) is 15.4. The van der Waals surface area contributed by atoms with E-state index in [2.05, 4.69) is 0 Å². The molecule has 3 heterocycles. The third kappa shape index (κ3) is 3.27. The van der Waals surface area contributed by atoms with Gasteiger partial charge in [-0.05, 0) is 37.8 Å². The van der Waals surface area contributed by atoms with Crippen molar-refractivity contribution in [2.45, 2.75) is 37.9 Å². The largest absolute Gasteiger partial charge is 0.481 e. The summed E-state index contributed by atoms with van der Waals surface area (Å²) in [4.78, 5) is 11.6. The van der Waals surface area contributed by atoms with Crippen LogP contribution in [0.5, 0.6) is 5.88 Å². The summed E-state index contributed by atoms with van der Waals surface area (Å²) in [5, 5.41) is 0. The van der Waals surface area contributed by atoms with E-state index in [4.69, 9.17) is 24.2 Å². The van der Waals surface area contributed by atoms with E-state index in [1.807, 2.05) is 42.3 Å². The van der Waals surface area contributed by atoms with Gasteiger partial charge in [0.1, 0.15) is 6.10 Å². The molecule has 0 aliphatic carbocycles. The number of nitrogens with zero attached hydrogens (tertiary/aromatic N) is 3. The molecule has 2 aliphatic heterocycles. The quantitative estimate of drug-likeness (QED) is 0.809. The van der Waals surface area contributed by atoms with Crippen molar-refractivity contribution in [1.82, 2.24) is 9.97 Å². The Morgan fingerprint density at radius 2 is 1.69 bits per heavy atom. The van der Waals surface area contributed by atoms with E-state index < -0.39 is 0 Å². The topological polar surface area (TPSA) is 56.7 Å². The van der Waals surface area contributed by atoms with Crippen LogP contribution in [0, 0.1) is 0 Å². The minimum Gasteiger partial charge on any atom is -0.481 e. The van der Waals surface area contributed by atoms with Crippen LogP contribution in [0.15, 0.2) is 30.3 Å². The normalized spacial score (nSPS) is 22.5. The summed E-state index contributed by atoms with van der Waals surface area (Å²) < 4.78 is 17.6. The van der Waals surface area contributed by atoms with Gasteiger partial charge in [-0.25, -0.2) is 4.98 Å². The summed E-state index contributed by atoms with van der Waals surface area (Å²) in [5.41, 5.74) is 2.90. The maximum atomic E-state index is 5.96. The number of hydrogen-bond donors (Lipinski definition) is 0. The first-order chi connectivity index (χ1) is 12.8. The minimum atomic E-state index is -0.0194. The first-order valence-corrected chi connectivity index (χ1v) is 9.25. The van der Waals surface area contributed by atoms with Crippen molar-refractivity contribution in [3.63, 3.8) is 0 Å². The Balaban J connectivity index is 1.79. The zero-order chi connectivity index (χ0) is 17.9. The molecule has 1 aromatic carbocycles. The van der Waals surface area contributed by atoms with E-state index in [0.29, 0.717) is 11.8 Å². The van der Waals surface area contributed by atoms with Crippen molar-refractivity contribution in [2.24, 2.45) is 0 Å². The van der Waals surface area contributed by atoms with Crippen LogP contribution >= 0.6 is 0 Å². The Kier molecular flexibility index (Phi) is 5.04. The van der Waals surface area contributed by atoms with E-state index in [0.717, 1.165) is 55.8 Å². The highest BCUT2D eigenvalue weighted by molar-refractivity contribution is 5.57. The van der Waals surface area contributed by atoms with Crippen molar-refractivity contribution in [2.75, 3.05) is 32.3 Å². The maximum absolute atomic E-state index is 5.96. The lowest BCUT2D eigenvalue weighted by Gasteiger charge is -2.24. The van der Waals surface area contributed by atoms with Crippen LogP contribution in [0.3, 0.4) is 0 Å². The Hall–Kier alpha value is -2.18.